The van der Waals surface area contributed by atoms with Gasteiger partial charge in [0.05, 0.1) is 19.4 Å². The summed E-state index contributed by atoms with van der Waals surface area (Å²) in [5.74, 6) is 4.08. The van der Waals surface area contributed by atoms with Crippen LogP contribution in [0.5, 0.6) is 0 Å². The van der Waals surface area contributed by atoms with E-state index in [1.807, 2.05) is 23.1 Å². The van der Waals surface area contributed by atoms with Crippen LogP contribution in [0.2, 0.25) is 0 Å². The lowest BCUT2D eigenvalue weighted by atomic mass is 9.54. The first-order valence-electron chi connectivity index (χ1n) is 9.85. The number of amides is 2. The van der Waals surface area contributed by atoms with Gasteiger partial charge >= 0.3 is 6.03 Å². The summed E-state index contributed by atoms with van der Waals surface area (Å²) >= 11 is 1.70. The summed E-state index contributed by atoms with van der Waals surface area (Å²) < 4.78 is 5.50. The van der Waals surface area contributed by atoms with Crippen LogP contribution in [0.15, 0.2) is 40.3 Å². The maximum atomic E-state index is 13.2. The second-order valence-electron chi connectivity index (χ2n) is 8.42. The zero-order chi connectivity index (χ0) is 17.5. The molecule has 0 spiro atoms. The third-order valence-electron chi connectivity index (χ3n) is 6.66. The Labute approximate surface area is 158 Å². The summed E-state index contributed by atoms with van der Waals surface area (Å²) in [7, 11) is 0. The first-order chi connectivity index (χ1) is 12.7. The van der Waals surface area contributed by atoms with Crippen LogP contribution >= 0.6 is 11.3 Å². The van der Waals surface area contributed by atoms with Gasteiger partial charge in [-0.1, -0.05) is 6.07 Å². The van der Waals surface area contributed by atoms with E-state index in [-0.39, 0.29) is 6.03 Å². The molecular formula is C21H26N2O2S. The Hall–Kier alpha value is -1.75. The summed E-state index contributed by atoms with van der Waals surface area (Å²) in [6, 6.07) is 8.40. The Morgan fingerprint density at radius 3 is 2.46 bits per heavy atom. The minimum absolute atomic E-state index is 0.0623. The first-order valence-corrected chi connectivity index (χ1v) is 10.7. The predicted molar refractivity (Wildman–Crippen MR) is 102 cm³/mol. The number of nitrogens with zero attached hydrogens (tertiary/aromatic N) is 1. The lowest BCUT2D eigenvalue weighted by Gasteiger charge is -2.54. The molecule has 0 unspecified atom stereocenters. The van der Waals surface area contributed by atoms with Gasteiger partial charge in [-0.2, -0.15) is 0 Å². The number of hydrogen-bond donors (Lipinski definition) is 1. The van der Waals surface area contributed by atoms with E-state index >= 15 is 0 Å². The Bertz CT molecular complexity index is 676. The second-order valence-corrected chi connectivity index (χ2v) is 9.45. The van der Waals surface area contributed by atoms with Crippen molar-refractivity contribution in [3.8, 4) is 0 Å². The topological polar surface area (TPSA) is 45.5 Å². The van der Waals surface area contributed by atoms with Crippen molar-refractivity contribution in [3.63, 3.8) is 0 Å². The van der Waals surface area contributed by atoms with Crippen LogP contribution in [0.4, 0.5) is 4.79 Å². The van der Waals surface area contributed by atoms with Crippen molar-refractivity contribution in [3.05, 3.63) is 46.5 Å². The molecule has 2 aromatic heterocycles. The number of thiophene rings is 1. The van der Waals surface area contributed by atoms with Crippen LogP contribution in [-0.2, 0) is 13.1 Å². The fourth-order valence-corrected chi connectivity index (χ4v) is 6.49. The van der Waals surface area contributed by atoms with Gasteiger partial charge in [-0.3, -0.25) is 0 Å². The molecule has 0 aliphatic heterocycles. The molecule has 4 aliphatic rings. The predicted octanol–water partition coefficient (Wildman–Crippen LogP) is 4.88. The van der Waals surface area contributed by atoms with Gasteiger partial charge in [0.1, 0.15) is 5.76 Å². The Morgan fingerprint density at radius 1 is 1.08 bits per heavy atom. The zero-order valence-electron chi connectivity index (χ0n) is 15.0. The highest BCUT2D eigenvalue weighted by Gasteiger charge is 2.48. The Kier molecular flexibility index (Phi) is 4.27. The minimum atomic E-state index is 0.0623. The third kappa shape index (κ3) is 3.18. The van der Waals surface area contributed by atoms with Crippen LogP contribution in [0.25, 0.3) is 0 Å². The fraction of sp³-hybridized carbons (Fsp3) is 0.571. The summed E-state index contributed by atoms with van der Waals surface area (Å²) in [5, 5.41) is 5.50. The highest BCUT2D eigenvalue weighted by atomic mass is 32.1. The molecule has 138 valence electrons. The lowest BCUT2D eigenvalue weighted by molar-refractivity contribution is -0.0113. The molecule has 4 fully saturated rings. The van der Waals surface area contributed by atoms with Gasteiger partial charge in [-0.15, -0.1) is 11.3 Å². The van der Waals surface area contributed by atoms with E-state index < -0.39 is 0 Å². The Balaban J connectivity index is 1.30. The van der Waals surface area contributed by atoms with E-state index in [0.29, 0.717) is 31.0 Å². The van der Waals surface area contributed by atoms with Crippen LogP contribution in [0.3, 0.4) is 0 Å². The van der Waals surface area contributed by atoms with Gasteiger partial charge in [0.15, 0.2) is 0 Å². The van der Waals surface area contributed by atoms with E-state index in [0.717, 1.165) is 17.6 Å². The molecule has 4 aliphatic carbocycles. The summed E-state index contributed by atoms with van der Waals surface area (Å²) in [4.78, 5) is 16.3. The van der Waals surface area contributed by atoms with E-state index in [1.54, 1.807) is 17.6 Å². The van der Waals surface area contributed by atoms with Gasteiger partial charge < -0.3 is 14.6 Å². The number of carbonyl (C=O) groups is 1. The standard InChI is InChI=1S/C21H26N2O2S/c24-21(22-20-16-8-14-7-15(10-16)11-17(20)9-14)23(12-18-3-1-5-25-18)13-19-4-2-6-26-19/h1-6,14-17,20H,7-13H2,(H,22,24). The molecule has 26 heavy (non-hydrogen) atoms. The number of rotatable bonds is 5. The van der Waals surface area contributed by atoms with Crippen molar-refractivity contribution in [2.75, 3.05) is 0 Å². The molecule has 4 bridgehead atoms. The normalized spacial score (nSPS) is 31.9. The van der Waals surface area contributed by atoms with Gasteiger partial charge in [-0.25, -0.2) is 4.79 Å². The molecule has 2 aromatic rings. The first kappa shape index (κ1) is 16.4. The highest BCUT2D eigenvalue weighted by Crippen LogP contribution is 2.53. The summed E-state index contributed by atoms with van der Waals surface area (Å²) in [6.45, 7) is 1.15. The maximum Gasteiger partial charge on any atom is 0.318 e. The van der Waals surface area contributed by atoms with Crippen molar-refractivity contribution in [1.29, 1.82) is 0 Å². The number of carbonyl (C=O) groups excluding carboxylic acids is 1. The summed E-state index contributed by atoms with van der Waals surface area (Å²) in [6.07, 6.45) is 8.40. The number of hydrogen-bond acceptors (Lipinski definition) is 3. The number of nitrogens with one attached hydrogen (secondary N) is 1. The van der Waals surface area contributed by atoms with Crippen molar-refractivity contribution in [1.82, 2.24) is 10.2 Å². The van der Waals surface area contributed by atoms with Crippen LogP contribution in [0.1, 0.15) is 42.7 Å². The maximum absolute atomic E-state index is 13.2. The fourth-order valence-electron chi connectivity index (χ4n) is 5.78. The SMILES string of the molecule is O=C(NC1C2CC3CC(C2)CC1C3)N(Cc1ccco1)Cc1cccs1. The van der Waals surface area contributed by atoms with Crippen LogP contribution in [0, 0.1) is 23.7 Å². The van der Waals surface area contributed by atoms with Crippen LogP contribution in [-0.4, -0.2) is 17.0 Å². The van der Waals surface area contributed by atoms with Crippen LogP contribution < -0.4 is 5.32 Å². The largest absolute Gasteiger partial charge is 0.467 e. The molecule has 1 N–H and O–H groups in total. The average Bonchev–Trinajstić information content (AvgIpc) is 3.30. The van der Waals surface area contributed by atoms with Gasteiger partial charge in [0, 0.05) is 10.9 Å². The zero-order valence-corrected chi connectivity index (χ0v) is 15.8. The summed E-state index contributed by atoms with van der Waals surface area (Å²) in [5.41, 5.74) is 0. The van der Waals surface area contributed by atoms with Crippen molar-refractivity contribution < 1.29 is 9.21 Å². The number of furan rings is 1. The molecule has 4 saturated carbocycles. The third-order valence-corrected chi connectivity index (χ3v) is 7.52. The smallest absolute Gasteiger partial charge is 0.318 e. The molecule has 0 radical (unpaired) electrons. The molecule has 2 heterocycles. The number of urea groups is 1. The van der Waals surface area contributed by atoms with Crippen molar-refractivity contribution in [2.45, 2.75) is 51.2 Å². The van der Waals surface area contributed by atoms with Gasteiger partial charge in [-0.05, 0) is 79.4 Å². The van der Waals surface area contributed by atoms with Gasteiger partial charge in [0.2, 0.25) is 0 Å². The lowest BCUT2D eigenvalue weighted by Crippen LogP contribution is -2.57. The highest BCUT2D eigenvalue weighted by molar-refractivity contribution is 7.09. The molecular weight excluding hydrogens is 344 g/mol. The molecule has 0 aromatic carbocycles. The van der Waals surface area contributed by atoms with E-state index in [4.69, 9.17) is 4.42 Å². The molecule has 4 nitrogen and oxygen atoms in total. The molecule has 2 amide bonds. The average molecular weight is 371 g/mol. The molecule has 0 atom stereocenters. The minimum Gasteiger partial charge on any atom is -0.467 e. The van der Waals surface area contributed by atoms with Gasteiger partial charge in [0.25, 0.3) is 0 Å². The quantitative estimate of drug-likeness (QED) is 0.815. The second kappa shape index (κ2) is 6.76. The van der Waals surface area contributed by atoms with Crippen molar-refractivity contribution >= 4 is 17.4 Å². The molecule has 0 saturated heterocycles. The van der Waals surface area contributed by atoms with Crippen molar-refractivity contribution in [2.24, 2.45) is 23.7 Å². The van der Waals surface area contributed by atoms with E-state index in [1.165, 1.54) is 37.0 Å². The van der Waals surface area contributed by atoms with E-state index in [2.05, 4.69) is 16.8 Å². The Morgan fingerprint density at radius 2 is 1.85 bits per heavy atom. The monoisotopic (exact) mass is 370 g/mol. The molecule has 6 rings (SSSR count). The van der Waals surface area contributed by atoms with E-state index in [9.17, 15) is 4.79 Å². The molecule has 5 heteroatoms.